The van der Waals surface area contributed by atoms with Crippen molar-refractivity contribution in [3.05, 3.63) is 10.6 Å². The first kappa shape index (κ1) is 11.4. The lowest BCUT2D eigenvalue weighted by Crippen LogP contribution is -2.48. The molecule has 4 nitrogen and oxygen atoms in total. The second-order valence-corrected chi connectivity index (χ2v) is 5.92. The minimum Gasteiger partial charge on any atom is -0.365 e. The Labute approximate surface area is 99.7 Å². The third-order valence-corrected chi connectivity index (χ3v) is 3.84. The van der Waals surface area contributed by atoms with Crippen LogP contribution >= 0.6 is 11.3 Å². The van der Waals surface area contributed by atoms with Crippen LogP contribution in [0.15, 0.2) is 0 Å². The van der Waals surface area contributed by atoms with E-state index in [9.17, 15) is 4.79 Å². The van der Waals surface area contributed by atoms with E-state index in [0.29, 0.717) is 0 Å². The largest absolute Gasteiger partial charge is 0.365 e. The fourth-order valence-electron chi connectivity index (χ4n) is 1.88. The van der Waals surface area contributed by atoms with E-state index >= 15 is 0 Å². The predicted molar refractivity (Wildman–Crippen MR) is 66.2 cm³/mol. The summed E-state index contributed by atoms with van der Waals surface area (Å²) in [7, 11) is 1.83. The average molecular weight is 239 g/mol. The van der Waals surface area contributed by atoms with Crippen molar-refractivity contribution in [2.24, 2.45) is 0 Å². The number of hydrogen-bond donors (Lipinski definition) is 1. The summed E-state index contributed by atoms with van der Waals surface area (Å²) in [5.41, 5.74) is 0.832. The number of carbonyl (C=O) groups excluding carboxylic acids is 1. The molecule has 1 aromatic heterocycles. The number of aromatic nitrogens is 1. The zero-order chi connectivity index (χ0) is 11.9. The minimum absolute atomic E-state index is 0.113. The van der Waals surface area contributed by atoms with Gasteiger partial charge in [-0.2, -0.15) is 0 Å². The molecule has 2 rings (SSSR count). The maximum atomic E-state index is 12.3. The van der Waals surface area contributed by atoms with Crippen LogP contribution in [0.25, 0.3) is 0 Å². The fourth-order valence-corrected chi connectivity index (χ4v) is 2.79. The molecule has 0 spiro atoms. The molecule has 1 aromatic rings. The Hall–Kier alpha value is -1.10. The maximum Gasteiger partial charge on any atom is 0.266 e. The van der Waals surface area contributed by atoms with Crippen LogP contribution in [0.1, 0.15) is 36.1 Å². The van der Waals surface area contributed by atoms with Crippen LogP contribution in [-0.4, -0.2) is 34.9 Å². The van der Waals surface area contributed by atoms with Gasteiger partial charge >= 0.3 is 0 Å². The third-order valence-electron chi connectivity index (χ3n) is 2.73. The number of amides is 1. The molecule has 0 aliphatic carbocycles. The van der Waals surface area contributed by atoms with Gasteiger partial charge in [0.1, 0.15) is 4.88 Å². The molecule has 1 N–H and O–H groups in total. The molecule has 0 unspecified atom stereocenters. The van der Waals surface area contributed by atoms with Gasteiger partial charge in [-0.3, -0.25) is 4.79 Å². The van der Waals surface area contributed by atoms with Gasteiger partial charge in [0.2, 0.25) is 0 Å². The lowest BCUT2D eigenvalue weighted by Gasteiger charge is -2.37. The van der Waals surface area contributed by atoms with Gasteiger partial charge in [-0.1, -0.05) is 11.3 Å². The molecule has 0 saturated heterocycles. The second kappa shape index (κ2) is 3.73. The Morgan fingerprint density at radius 3 is 2.69 bits per heavy atom. The Morgan fingerprint density at radius 1 is 1.44 bits per heavy atom. The standard InChI is InChI=1S/C11H17N3OS/c1-11(2,3)14-6-5-7-8(9(14)15)16-10(12-4)13-7/h5-6H2,1-4H3,(H,12,13). The molecule has 0 fully saturated rings. The third kappa shape index (κ3) is 1.80. The summed E-state index contributed by atoms with van der Waals surface area (Å²) in [5.74, 6) is 0.118. The van der Waals surface area contributed by atoms with E-state index in [0.717, 1.165) is 28.7 Å². The van der Waals surface area contributed by atoms with Gasteiger partial charge in [0.15, 0.2) is 5.13 Å². The Bertz CT molecular complexity index is 419. The van der Waals surface area contributed by atoms with E-state index in [1.807, 2.05) is 11.9 Å². The van der Waals surface area contributed by atoms with Gasteiger partial charge in [0.25, 0.3) is 5.91 Å². The lowest BCUT2D eigenvalue weighted by atomic mass is 10.0. The lowest BCUT2D eigenvalue weighted by molar-refractivity contribution is 0.0567. The van der Waals surface area contributed by atoms with Gasteiger partial charge in [0.05, 0.1) is 5.69 Å². The molecular weight excluding hydrogens is 222 g/mol. The number of carbonyl (C=O) groups is 1. The van der Waals surface area contributed by atoms with Gasteiger partial charge < -0.3 is 10.2 Å². The molecule has 0 radical (unpaired) electrons. The minimum atomic E-state index is -0.113. The Kier molecular flexibility index (Phi) is 2.66. The van der Waals surface area contributed by atoms with Crippen molar-refractivity contribution in [3.63, 3.8) is 0 Å². The van der Waals surface area contributed by atoms with Crippen molar-refractivity contribution in [2.75, 3.05) is 18.9 Å². The summed E-state index contributed by atoms with van der Waals surface area (Å²) in [6, 6.07) is 0. The van der Waals surface area contributed by atoms with E-state index < -0.39 is 0 Å². The molecule has 1 aliphatic heterocycles. The molecule has 5 heteroatoms. The monoisotopic (exact) mass is 239 g/mol. The molecule has 0 aromatic carbocycles. The van der Waals surface area contributed by atoms with Crippen molar-refractivity contribution in [2.45, 2.75) is 32.7 Å². The number of nitrogens with one attached hydrogen (secondary N) is 1. The van der Waals surface area contributed by atoms with Crippen LogP contribution < -0.4 is 5.32 Å². The summed E-state index contributed by atoms with van der Waals surface area (Å²) < 4.78 is 0. The van der Waals surface area contributed by atoms with Crippen LogP contribution in [0.4, 0.5) is 5.13 Å². The maximum absolute atomic E-state index is 12.3. The summed E-state index contributed by atoms with van der Waals surface area (Å²) in [4.78, 5) is 19.4. The summed E-state index contributed by atoms with van der Waals surface area (Å²) in [6.45, 7) is 6.96. The molecular formula is C11H17N3OS. The SMILES string of the molecule is CNc1nc2c(s1)C(=O)N(C(C)(C)C)CC2. The number of hydrogen-bond acceptors (Lipinski definition) is 4. The first-order valence-electron chi connectivity index (χ1n) is 5.43. The highest BCUT2D eigenvalue weighted by Crippen LogP contribution is 2.30. The van der Waals surface area contributed by atoms with Crippen LogP contribution in [0.2, 0.25) is 0 Å². The first-order valence-corrected chi connectivity index (χ1v) is 6.24. The van der Waals surface area contributed by atoms with Crippen molar-refractivity contribution in [1.82, 2.24) is 9.88 Å². The highest BCUT2D eigenvalue weighted by molar-refractivity contribution is 7.17. The van der Waals surface area contributed by atoms with Gasteiger partial charge in [-0.25, -0.2) is 4.98 Å². The predicted octanol–water partition coefficient (Wildman–Crippen LogP) is 1.98. The normalized spacial score (nSPS) is 16.2. The van der Waals surface area contributed by atoms with E-state index in [2.05, 4.69) is 31.1 Å². The first-order chi connectivity index (χ1) is 7.43. The van der Waals surface area contributed by atoms with Crippen LogP contribution in [0.5, 0.6) is 0 Å². The molecule has 1 amide bonds. The molecule has 1 aliphatic rings. The molecule has 2 heterocycles. The van der Waals surface area contributed by atoms with E-state index in [1.54, 1.807) is 0 Å². The van der Waals surface area contributed by atoms with E-state index in [4.69, 9.17) is 0 Å². The van der Waals surface area contributed by atoms with Crippen molar-refractivity contribution < 1.29 is 4.79 Å². The highest BCUT2D eigenvalue weighted by atomic mass is 32.1. The quantitative estimate of drug-likeness (QED) is 0.815. The molecule has 16 heavy (non-hydrogen) atoms. The summed E-state index contributed by atoms with van der Waals surface area (Å²) >= 11 is 1.45. The second-order valence-electron chi connectivity index (χ2n) is 4.92. The molecule has 88 valence electrons. The van der Waals surface area contributed by atoms with Gasteiger partial charge in [-0.15, -0.1) is 0 Å². The number of nitrogens with zero attached hydrogens (tertiary/aromatic N) is 2. The highest BCUT2D eigenvalue weighted by Gasteiger charge is 2.34. The summed E-state index contributed by atoms with van der Waals surface area (Å²) in [5, 5.41) is 3.82. The Balaban J connectivity index is 2.35. The smallest absolute Gasteiger partial charge is 0.266 e. The van der Waals surface area contributed by atoms with Crippen molar-refractivity contribution in [1.29, 1.82) is 0 Å². The average Bonchev–Trinajstić information content (AvgIpc) is 2.60. The van der Waals surface area contributed by atoms with Crippen molar-refractivity contribution >= 4 is 22.4 Å². The number of rotatable bonds is 1. The van der Waals surface area contributed by atoms with Gasteiger partial charge in [-0.05, 0) is 20.8 Å². The zero-order valence-corrected chi connectivity index (χ0v) is 10.9. The summed E-state index contributed by atoms with van der Waals surface area (Å²) in [6.07, 6.45) is 0.858. The fraction of sp³-hybridized carbons (Fsp3) is 0.636. The number of thiazole rings is 1. The molecule has 0 atom stereocenters. The molecule has 0 bridgehead atoms. The van der Waals surface area contributed by atoms with Crippen LogP contribution in [0, 0.1) is 0 Å². The van der Waals surface area contributed by atoms with E-state index in [-0.39, 0.29) is 11.4 Å². The van der Waals surface area contributed by atoms with Crippen molar-refractivity contribution in [3.8, 4) is 0 Å². The molecule has 0 saturated carbocycles. The Morgan fingerprint density at radius 2 is 2.12 bits per heavy atom. The number of fused-ring (bicyclic) bond motifs is 1. The van der Waals surface area contributed by atoms with Crippen LogP contribution in [0.3, 0.4) is 0 Å². The van der Waals surface area contributed by atoms with Crippen LogP contribution in [-0.2, 0) is 6.42 Å². The van der Waals surface area contributed by atoms with E-state index in [1.165, 1.54) is 11.3 Å². The zero-order valence-electron chi connectivity index (χ0n) is 10.1. The topological polar surface area (TPSA) is 45.2 Å². The number of anilines is 1. The van der Waals surface area contributed by atoms with Gasteiger partial charge in [0, 0.05) is 25.6 Å².